The van der Waals surface area contributed by atoms with E-state index in [1.165, 1.54) is 16.0 Å². The molecule has 0 radical (unpaired) electrons. The van der Waals surface area contributed by atoms with Crippen LogP contribution in [-0.2, 0) is 9.59 Å². The smallest absolute Gasteiger partial charge is 0.234 e. The summed E-state index contributed by atoms with van der Waals surface area (Å²) in [6, 6.07) is 0. The highest BCUT2D eigenvalue weighted by Gasteiger charge is 2.61. The molecule has 3 aliphatic rings. The quantitative estimate of drug-likeness (QED) is 0.578. The normalized spacial score (nSPS) is 36.8. The lowest BCUT2D eigenvalue weighted by Crippen LogP contribution is -2.35. The van der Waals surface area contributed by atoms with Crippen LogP contribution in [-0.4, -0.2) is 35.0 Å². The average molecular weight is 247 g/mol. The second-order valence-electron chi connectivity index (χ2n) is 5.50. The summed E-state index contributed by atoms with van der Waals surface area (Å²) in [5, 5.41) is 8.94. The summed E-state index contributed by atoms with van der Waals surface area (Å²) in [5.41, 5.74) is 2.48. The van der Waals surface area contributed by atoms with E-state index in [0.29, 0.717) is 0 Å². The fourth-order valence-electron chi connectivity index (χ4n) is 3.81. The third kappa shape index (κ3) is 1.24. The van der Waals surface area contributed by atoms with Crippen LogP contribution in [0.5, 0.6) is 0 Å². The van der Waals surface area contributed by atoms with E-state index < -0.39 is 0 Å². The highest BCUT2D eigenvalue weighted by molar-refractivity contribution is 6.07. The lowest BCUT2D eigenvalue weighted by Gasteiger charge is -2.18. The molecule has 0 aromatic rings. The van der Waals surface area contributed by atoms with Gasteiger partial charge in [0.15, 0.2) is 0 Å². The van der Waals surface area contributed by atoms with E-state index in [-0.39, 0.29) is 48.6 Å². The van der Waals surface area contributed by atoms with Gasteiger partial charge in [-0.2, -0.15) is 0 Å². The standard InChI is InChI=1S/C14H17NO3/c1-7(2)10-8-3-4-9(10)12-11(8)13(17)15(5-6-16)14(12)18/h3-4,8-9,11-12,16H,5-6H2,1-2H3/t8-,9-,11-,12+/m1/s1. The summed E-state index contributed by atoms with van der Waals surface area (Å²) in [7, 11) is 0. The molecule has 1 N–H and O–H groups in total. The summed E-state index contributed by atoms with van der Waals surface area (Å²) in [4.78, 5) is 25.8. The number of carbonyl (C=O) groups excluding carboxylic acids is 2. The highest BCUT2D eigenvalue weighted by atomic mass is 16.3. The van der Waals surface area contributed by atoms with Crippen LogP contribution in [0.15, 0.2) is 23.3 Å². The molecule has 96 valence electrons. The van der Waals surface area contributed by atoms with Gasteiger partial charge < -0.3 is 5.11 Å². The number of allylic oxidation sites excluding steroid dienone is 4. The summed E-state index contributed by atoms with van der Waals surface area (Å²) in [6.45, 7) is 4.07. The second-order valence-corrected chi connectivity index (χ2v) is 5.50. The molecule has 3 rings (SSSR count). The summed E-state index contributed by atoms with van der Waals surface area (Å²) in [5.74, 6) is -0.438. The Labute approximate surface area is 106 Å². The van der Waals surface area contributed by atoms with Crippen molar-refractivity contribution in [3.8, 4) is 0 Å². The van der Waals surface area contributed by atoms with Gasteiger partial charge in [-0.15, -0.1) is 0 Å². The maximum absolute atomic E-state index is 12.3. The van der Waals surface area contributed by atoms with Crippen LogP contribution in [0.3, 0.4) is 0 Å². The fourth-order valence-corrected chi connectivity index (χ4v) is 3.81. The van der Waals surface area contributed by atoms with Crippen LogP contribution < -0.4 is 0 Å². The maximum atomic E-state index is 12.3. The van der Waals surface area contributed by atoms with E-state index in [2.05, 4.69) is 12.2 Å². The van der Waals surface area contributed by atoms with Crippen molar-refractivity contribution in [2.75, 3.05) is 13.2 Å². The number of amides is 2. The minimum absolute atomic E-state index is 0.102. The third-order valence-electron chi connectivity index (χ3n) is 4.41. The molecule has 4 atom stereocenters. The number of aliphatic hydroxyl groups is 1. The van der Waals surface area contributed by atoms with Crippen molar-refractivity contribution < 1.29 is 14.7 Å². The zero-order valence-corrected chi connectivity index (χ0v) is 10.6. The molecule has 0 spiro atoms. The van der Waals surface area contributed by atoms with Gasteiger partial charge in [0, 0.05) is 11.8 Å². The average Bonchev–Trinajstić information content (AvgIpc) is 2.95. The molecule has 1 saturated carbocycles. The van der Waals surface area contributed by atoms with E-state index in [1.807, 2.05) is 13.8 Å². The van der Waals surface area contributed by atoms with Crippen LogP contribution in [0.2, 0.25) is 0 Å². The molecule has 4 nitrogen and oxygen atoms in total. The van der Waals surface area contributed by atoms with Gasteiger partial charge in [-0.05, 0) is 13.8 Å². The number of rotatable bonds is 2. The lowest BCUT2D eigenvalue weighted by atomic mass is 9.85. The minimum atomic E-state index is -0.219. The first-order valence-corrected chi connectivity index (χ1v) is 6.39. The molecule has 1 aliphatic heterocycles. The lowest BCUT2D eigenvalue weighted by molar-refractivity contribution is -0.141. The minimum Gasteiger partial charge on any atom is -0.395 e. The number of likely N-dealkylation sites (tertiary alicyclic amines) is 1. The molecule has 1 saturated heterocycles. The van der Waals surface area contributed by atoms with Crippen molar-refractivity contribution >= 4 is 11.8 Å². The van der Waals surface area contributed by atoms with E-state index in [1.54, 1.807) is 0 Å². The number of imide groups is 1. The molecule has 4 heteroatoms. The molecule has 0 aromatic heterocycles. The van der Waals surface area contributed by atoms with Gasteiger partial charge in [0.25, 0.3) is 0 Å². The molecule has 2 fully saturated rings. The van der Waals surface area contributed by atoms with Crippen molar-refractivity contribution in [2.45, 2.75) is 13.8 Å². The topological polar surface area (TPSA) is 57.6 Å². The van der Waals surface area contributed by atoms with Gasteiger partial charge in [0.1, 0.15) is 0 Å². The Morgan fingerprint density at radius 3 is 2.06 bits per heavy atom. The first kappa shape index (κ1) is 11.7. The fraction of sp³-hybridized carbons (Fsp3) is 0.571. The molecule has 0 unspecified atom stereocenters. The molecule has 2 aliphatic carbocycles. The predicted octanol–water partition coefficient (Wildman–Crippen LogP) is 0.732. The Balaban J connectivity index is 2.01. The van der Waals surface area contributed by atoms with Gasteiger partial charge >= 0.3 is 0 Å². The number of aliphatic hydroxyl groups excluding tert-OH is 1. The Morgan fingerprint density at radius 2 is 1.67 bits per heavy atom. The molecule has 18 heavy (non-hydrogen) atoms. The van der Waals surface area contributed by atoms with Crippen molar-refractivity contribution in [3.05, 3.63) is 23.3 Å². The van der Waals surface area contributed by atoms with Crippen LogP contribution >= 0.6 is 0 Å². The molecule has 1 heterocycles. The first-order valence-electron chi connectivity index (χ1n) is 6.39. The summed E-state index contributed by atoms with van der Waals surface area (Å²) >= 11 is 0. The second kappa shape index (κ2) is 3.79. The maximum Gasteiger partial charge on any atom is 0.234 e. The van der Waals surface area contributed by atoms with Crippen molar-refractivity contribution in [1.29, 1.82) is 0 Å². The van der Waals surface area contributed by atoms with E-state index in [4.69, 9.17) is 5.11 Å². The van der Waals surface area contributed by atoms with Gasteiger partial charge in [-0.25, -0.2) is 0 Å². The molecule has 2 bridgehead atoms. The van der Waals surface area contributed by atoms with E-state index >= 15 is 0 Å². The highest BCUT2D eigenvalue weighted by Crippen LogP contribution is 2.56. The number of hydrogen-bond acceptors (Lipinski definition) is 3. The van der Waals surface area contributed by atoms with Crippen molar-refractivity contribution in [1.82, 2.24) is 4.90 Å². The first-order chi connectivity index (χ1) is 8.57. The zero-order chi connectivity index (χ0) is 13.0. The Hall–Kier alpha value is -1.42. The van der Waals surface area contributed by atoms with Crippen LogP contribution in [0, 0.1) is 23.7 Å². The number of hydrogen-bond donors (Lipinski definition) is 1. The Morgan fingerprint density at radius 1 is 1.17 bits per heavy atom. The molecular weight excluding hydrogens is 230 g/mol. The summed E-state index contributed by atoms with van der Waals surface area (Å²) in [6.07, 6.45) is 4.14. The number of fused-ring (bicyclic) bond motifs is 5. The Bertz CT molecular complexity index is 453. The number of nitrogens with zero attached hydrogens (tertiary/aromatic N) is 1. The van der Waals surface area contributed by atoms with Gasteiger partial charge in [0.2, 0.25) is 11.8 Å². The van der Waals surface area contributed by atoms with Crippen LogP contribution in [0.1, 0.15) is 13.8 Å². The SMILES string of the molecule is CC(C)=C1[C@H]2C=C[C@H]1[C@H]1C(=O)N(CCO)C(=O)[C@H]12. The largest absolute Gasteiger partial charge is 0.395 e. The van der Waals surface area contributed by atoms with Gasteiger partial charge in [-0.3, -0.25) is 14.5 Å². The van der Waals surface area contributed by atoms with E-state index in [9.17, 15) is 9.59 Å². The molecule has 0 aromatic carbocycles. The number of β-amino-alcohol motifs (C(OH)–C–C–N with tert-alkyl or cyclic N) is 1. The van der Waals surface area contributed by atoms with E-state index in [0.717, 1.165) is 0 Å². The third-order valence-corrected chi connectivity index (χ3v) is 4.41. The summed E-state index contributed by atoms with van der Waals surface area (Å²) < 4.78 is 0. The van der Waals surface area contributed by atoms with Gasteiger partial charge in [-0.1, -0.05) is 23.3 Å². The monoisotopic (exact) mass is 247 g/mol. The predicted molar refractivity (Wildman–Crippen MR) is 65.3 cm³/mol. The van der Waals surface area contributed by atoms with Crippen molar-refractivity contribution in [2.24, 2.45) is 23.7 Å². The van der Waals surface area contributed by atoms with Gasteiger partial charge in [0.05, 0.1) is 25.0 Å². The zero-order valence-electron chi connectivity index (χ0n) is 10.6. The van der Waals surface area contributed by atoms with Crippen molar-refractivity contribution in [3.63, 3.8) is 0 Å². The van der Waals surface area contributed by atoms with Crippen LogP contribution in [0.4, 0.5) is 0 Å². The molecular formula is C14H17NO3. The number of carbonyl (C=O) groups is 2. The molecule has 2 amide bonds. The Kier molecular flexibility index (Phi) is 2.45. The van der Waals surface area contributed by atoms with Crippen LogP contribution in [0.25, 0.3) is 0 Å².